The Balaban J connectivity index is 1.76. The molecule has 1 unspecified atom stereocenters. The highest BCUT2D eigenvalue weighted by Crippen LogP contribution is 2.26. The summed E-state index contributed by atoms with van der Waals surface area (Å²) >= 11 is 4.08. The summed E-state index contributed by atoms with van der Waals surface area (Å²) in [6, 6.07) is 6.07. The van der Waals surface area contributed by atoms with Gasteiger partial charge in [0.05, 0.1) is 11.0 Å². The van der Waals surface area contributed by atoms with Gasteiger partial charge >= 0.3 is 0 Å². The standard InChI is InChI=1S/C18H26IN3O3S/c19-13-21-17(12-26-11-15-4-2-1-3-5-15)18(23)20-10-14-6-8-16(9-7-14)22(24)25/h6-9,15,17,21H,1-5,10-13H2,(H,20,23). The predicted molar refractivity (Wildman–Crippen MR) is 115 cm³/mol. The Hall–Kier alpha value is -0.870. The van der Waals surface area contributed by atoms with Crippen LogP contribution in [0, 0.1) is 16.0 Å². The molecule has 0 aromatic heterocycles. The quantitative estimate of drug-likeness (QED) is 0.171. The average molecular weight is 491 g/mol. The fourth-order valence-electron chi connectivity index (χ4n) is 3.07. The molecule has 0 spiro atoms. The van der Waals surface area contributed by atoms with Crippen LogP contribution in [-0.4, -0.2) is 32.9 Å². The van der Waals surface area contributed by atoms with E-state index in [2.05, 4.69) is 33.2 Å². The molecule has 8 heteroatoms. The second kappa shape index (κ2) is 11.8. The summed E-state index contributed by atoms with van der Waals surface area (Å²) in [6.07, 6.45) is 6.70. The zero-order chi connectivity index (χ0) is 18.8. The van der Waals surface area contributed by atoms with Crippen LogP contribution in [0.4, 0.5) is 5.69 Å². The number of nitro groups is 1. The minimum Gasteiger partial charge on any atom is -0.351 e. The molecule has 6 nitrogen and oxygen atoms in total. The third-order valence-corrected chi connectivity index (χ3v) is 6.33. The van der Waals surface area contributed by atoms with Crippen molar-refractivity contribution < 1.29 is 9.72 Å². The maximum atomic E-state index is 12.5. The summed E-state index contributed by atoms with van der Waals surface area (Å²) < 4.78 is 0.720. The molecule has 26 heavy (non-hydrogen) atoms. The van der Waals surface area contributed by atoms with Crippen molar-refractivity contribution in [3.8, 4) is 0 Å². The molecule has 0 heterocycles. The van der Waals surface area contributed by atoms with Gasteiger partial charge in [0, 0.05) is 29.0 Å². The fourth-order valence-corrected chi connectivity index (χ4v) is 4.91. The van der Waals surface area contributed by atoms with Crippen molar-refractivity contribution in [2.75, 3.05) is 16.1 Å². The molecule has 144 valence electrons. The molecular formula is C18H26IN3O3S. The smallest absolute Gasteiger partial charge is 0.269 e. The van der Waals surface area contributed by atoms with Crippen LogP contribution in [0.3, 0.4) is 0 Å². The molecule has 2 rings (SSSR count). The molecule has 0 aliphatic heterocycles. The number of alkyl halides is 1. The van der Waals surface area contributed by atoms with Gasteiger partial charge < -0.3 is 5.32 Å². The van der Waals surface area contributed by atoms with Crippen LogP contribution >= 0.6 is 34.4 Å². The minimum atomic E-state index is -0.424. The van der Waals surface area contributed by atoms with Crippen molar-refractivity contribution in [3.63, 3.8) is 0 Å². The number of nitro benzene ring substituents is 1. The molecule has 0 saturated heterocycles. The van der Waals surface area contributed by atoms with Gasteiger partial charge in [-0.15, -0.1) is 0 Å². The van der Waals surface area contributed by atoms with E-state index in [1.165, 1.54) is 44.2 Å². The van der Waals surface area contributed by atoms with Gasteiger partial charge in [0.25, 0.3) is 5.69 Å². The number of thioether (sulfide) groups is 1. The van der Waals surface area contributed by atoms with Crippen molar-refractivity contribution in [1.82, 2.24) is 10.6 Å². The lowest BCUT2D eigenvalue weighted by Gasteiger charge is -2.22. The Morgan fingerprint density at radius 1 is 1.27 bits per heavy atom. The Bertz CT molecular complexity index is 580. The number of carbonyl (C=O) groups excluding carboxylic acids is 1. The van der Waals surface area contributed by atoms with Crippen LogP contribution in [0.2, 0.25) is 0 Å². The second-order valence-electron chi connectivity index (χ2n) is 6.57. The maximum Gasteiger partial charge on any atom is 0.269 e. The van der Waals surface area contributed by atoms with Crippen LogP contribution in [-0.2, 0) is 11.3 Å². The highest BCUT2D eigenvalue weighted by atomic mass is 127. The van der Waals surface area contributed by atoms with Crippen LogP contribution in [0.15, 0.2) is 24.3 Å². The normalized spacial score (nSPS) is 16.2. The SMILES string of the molecule is O=C(NCc1ccc([N+](=O)[O-])cc1)C(CSCC1CCCCC1)NCI. The first-order valence-electron chi connectivity index (χ1n) is 8.98. The number of hydrogen-bond acceptors (Lipinski definition) is 5. The van der Waals surface area contributed by atoms with E-state index in [-0.39, 0.29) is 17.6 Å². The number of carbonyl (C=O) groups is 1. The highest BCUT2D eigenvalue weighted by Gasteiger charge is 2.19. The first kappa shape index (κ1) is 21.4. The number of hydrogen-bond donors (Lipinski definition) is 2. The van der Waals surface area contributed by atoms with E-state index in [1.807, 2.05) is 11.8 Å². The molecule has 1 amide bonds. The summed E-state index contributed by atoms with van der Waals surface area (Å²) in [5, 5.41) is 16.9. The van der Waals surface area contributed by atoms with Crippen LogP contribution < -0.4 is 10.6 Å². The zero-order valence-electron chi connectivity index (χ0n) is 14.8. The number of amides is 1. The van der Waals surface area contributed by atoms with Gasteiger partial charge in [-0.1, -0.05) is 54.0 Å². The molecule has 1 aromatic carbocycles. The first-order chi connectivity index (χ1) is 12.6. The van der Waals surface area contributed by atoms with Crippen molar-refractivity contribution in [2.45, 2.75) is 44.7 Å². The lowest BCUT2D eigenvalue weighted by atomic mass is 9.91. The van der Waals surface area contributed by atoms with E-state index in [1.54, 1.807) is 12.1 Å². The topological polar surface area (TPSA) is 84.3 Å². The van der Waals surface area contributed by atoms with Gasteiger partial charge in [0.2, 0.25) is 5.91 Å². The summed E-state index contributed by atoms with van der Waals surface area (Å²) in [5.41, 5.74) is 0.913. The molecule has 0 bridgehead atoms. The monoisotopic (exact) mass is 491 g/mol. The molecule has 1 aromatic rings. The molecule has 1 atom stereocenters. The van der Waals surface area contributed by atoms with Gasteiger partial charge in [-0.25, -0.2) is 0 Å². The Labute approximate surface area is 172 Å². The van der Waals surface area contributed by atoms with E-state index in [9.17, 15) is 14.9 Å². The van der Waals surface area contributed by atoms with Crippen LogP contribution in [0.25, 0.3) is 0 Å². The largest absolute Gasteiger partial charge is 0.351 e. The van der Waals surface area contributed by atoms with Gasteiger partial charge in [-0.05, 0) is 30.1 Å². The number of nitrogens with one attached hydrogen (secondary N) is 2. The second-order valence-corrected chi connectivity index (χ2v) is 8.41. The third kappa shape index (κ3) is 7.40. The highest BCUT2D eigenvalue weighted by molar-refractivity contribution is 14.1. The molecular weight excluding hydrogens is 465 g/mol. The van der Waals surface area contributed by atoms with Crippen LogP contribution in [0.1, 0.15) is 37.7 Å². The van der Waals surface area contributed by atoms with Gasteiger partial charge in [0.15, 0.2) is 0 Å². The van der Waals surface area contributed by atoms with Crippen molar-refractivity contribution in [2.24, 2.45) is 5.92 Å². The van der Waals surface area contributed by atoms with Crippen LogP contribution in [0.5, 0.6) is 0 Å². The van der Waals surface area contributed by atoms with E-state index < -0.39 is 4.92 Å². The summed E-state index contributed by atoms with van der Waals surface area (Å²) in [6.45, 7) is 0.379. The van der Waals surface area contributed by atoms with E-state index >= 15 is 0 Å². The molecule has 1 saturated carbocycles. The van der Waals surface area contributed by atoms with Gasteiger partial charge in [0.1, 0.15) is 0 Å². The van der Waals surface area contributed by atoms with Gasteiger partial charge in [-0.3, -0.25) is 20.2 Å². The first-order valence-corrected chi connectivity index (χ1v) is 11.7. The fraction of sp³-hybridized carbons (Fsp3) is 0.611. The lowest BCUT2D eigenvalue weighted by Crippen LogP contribution is -2.45. The van der Waals surface area contributed by atoms with Crippen molar-refractivity contribution >= 4 is 45.9 Å². The van der Waals surface area contributed by atoms with E-state index in [0.717, 1.165) is 27.5 Å². The lowest BCUT2D eigenvalue weighted by molar-refractivity contribution is -0.384. The number of nitrogens with zero attached hydrogens (tertiary/aromatic N) is 1. The summed E-state index contributed by atoms with van der Waals surface area (Å²) in [7, 11) is 0. The Kier molecular flexibility index (Phi) is 9.69. The molecule has 1 fully saturated rings. The predicted octanol–water partition coefficient (Wildman–Crippen LogP) is 3.88. The van der Waals surface area contributed by atoms with E-state index in [0.29, 0.717) is 6.54 Å². The number of halogens is 1. The minimum absolute atomic E-state index is 0.0174. The maximum absolute atomic E-state index is 12.5. The molecule has 2 N–H and O–H groups in total. The van der Waals surface area contributed by atoms with E-state index in [4.69, 9.17) is 0 Å². The Morgan fingerprint density at radius 3 is 2.58 bits per heavy atom. The Morgan fingerprint density at radius 2 is 1.96 bits per heavy atom. The molecule has 1 aliphatic rings. The zero-order valence-corrected chi connectivity index (χ0v) is 17.8. The molecule has 0 radical (unpaired) electrons. The summed E-state index contributed by atoms with van der Waals surface area (Å²) in [4.78, 5) is 22.7. The summed E-state index contributed by atoms with van der Waals surface area (Å²) in [5.74, 6) is 2.69. The average Bonchev–Trinajstić information content (AvgIpc) is 2.66. The number of rotatable bonds is 10. The number of non-ortho nitro benzene ring substituents is 1. The van der Waals surface area contributed by atoms with Gasteiger partial charge in [-0.2, -0.15) is 11.8 Å². The number of benzene rings is 1. The van der Waals surface area contributed by atoms with Crippen molar-refractivity contribution in [1.29, 1.82) is 0 Å². The molecule has 1 aliphatic carbocycles. The van der Waals surface area contributed by atoms with Crippen molar-refractivity contribution in [3.05, 3.63) is 39.9 Å². The third-order valence-electron chi connectivity index (χ3n) is 4.62.